The molecular weight excluding hydrogens is 458 g/mol. The molecule has 1 unspecified atom stereocenters. The van der Waals surface area contributed by atoms with E-state index in [1.807, 2.05) is 48.9 Å². The summed E-state index contributed by atoms with van der Waals surface area (Å²) in [7, 11) is -3.48. The zero-order chi connectivity index (χ0) is 23.8. The molecule has 0 aliphatic rings. The molecule has 1 aromatic carbocycles. The van der Waals surface area contributed by atoms with E-state index in [0.29, 0.717) is 25.9 Å². The molecule has 0 radical (unpaired) electrons. The molecule has 3 rings (SSSR count). The van der Waals surface area contributed by atoms with Gasteiger partial charge in [-0.2, -0.15) is 16.1 Å². The smallest absolute Gasteiger partial charge is 0.243 e. The van der Waals surface area contributed by atoms with Crippen LogP contribution in [0.2, 0.25) is 0 Å². The minimum absolute atomic E-state index is 0.0753. The summed E-state index contributed by atoms with van der Waals surface area (Å²) >= 11 is 1.72. The minimum atomic E-state index is -3.48. The molecule has 2 heterocycles. The van der Waals surface area contributed by atoms with Crippen LogP contribution in [0, 0.1) is 0 Å². The van der Waals surface area contributed by atoms with Gasteiger partial charge >= 0.3 is 0 Å². The first-order chi connectivity index (χ1) is 15.9. The quantitative estimate of drug-likeness (QED) is 0.419. The van der Waals surface area contributed by atoms with Crippen LogP contribution < -0.4 is 5.32 Å². The van der Waals surface area contributed by atoms with Gasteiger partial charge in [0.25, 0.3) is 0 Å². The van der Waals surface area contributed by atoms with E-state index in [4.69, 9.17) is 0 Å². The Balaban J connectivity index is 1.64. The van der Waals surface area contributed by atoms with Crippen LogP contribution in [0.25, 0.3) is 5.65 Å². The average Bonchev–Trinajstić information content (AvgIpc) is 3.25. The lowest BCUT2D eigenvalue weighted by atomic mass is 10.1. The normalized spacial score (nSPS) is 12.8. The lowest BCUT2D eigenvalue weighted by molar-refractivity contribution is -0.121. The summed E-state index contributed by atoms with van der Waals surface area (Å²) < 4.78 is 28.6. The maximum Gasteiger partial charge on any atom is 0.243 e. The Hall–Kier alpha value is -2.43. The van der Waals surface area contributed by atoms with Gasteiger partial charge in [-0.25, -0.2) is 8.42 Å². The van der Waals surface area contributed by atoms with Gasteiger partial charge in [-0.3, -0.25) is 9.20 Å². The first kappa shape index (κ1) is 25.2. The second-order valence-electron chi connectivity index (χ2n) is 7.62. The van der Waals surface area contributed by atoms with E-state index in [1.165, 1.54) is 4.31 Å². The largest absolute Gasteiger partial charge is 0.346 e. The second kappa shape index (κ2) is 11.6. The highest BCUT2D eigenvalue weighted by molar-refractivity contribution is 7.98. The summed E-state index contributed by atoms with van der Waals surface area (Å²) in [5, 5.41) is 11.6. The molecule has 10 heteroatoms. The second-order valence-corrected chi connectivity index (χ2v) is 10.5. The molecule has 1 amide bonds. The Morgan fingerprint density at radius 3 is 2.52 bits per heavy atom. The van der Waals surface area contributed by atoms with E-state index in [1.54, 1.807) is 36.0 Å². The molecule has 0 aliphatic heterocycles. The molecule has 0 saturated heterocycles. The fourth-order valence-electron chi connectivity index (χ4n) is 3.66. The van der Waals surface area contributed by atoms with Gasteiger partial charge in [0.15, 0.2) is 11.5 Å². The number of amides is 1. The van der Waals surface area contributed by atoms with Crippen LogP contribution in [0.15, 0.2) is 53.6 Å². The van der Waals surface area contributed by atoms with Crippen molar-refractivity contribution in [2.24, 2.45) is 0 Å². The van der Waals surface area contributed by atoms with Crippen molar-refractivity contribution in [3.05, 3.63) is 60.0 Å². The van der Waals surface area contributed by atoms with Crippen molar-refractivity contribution in [3.63, 3.8) is 0 Å². The molecule has 0 aliphatic carbocycles. The van der Waals surface area contributed by atoms with E-state index < -0.39 is 10.0 Å². The minimum Gasteiger partial charge on any atom is -0.346 e. The van der Waals surface area contributed by atoms with Gasteiger partial charge in [-0.05, 0) is 54.7 Å². The molecular formula is C23H31N5O3S2. The van der Waals surface area contributed by atoms with Crippen LogP contribution in [0.1, 0.15) is 44.1 Å². The van der Waals surface area contributed by atoms with E-state index in [2.05, 4.69) is 15.5 Å². The third-order valence-electron chi connectivity index (χ3n) is 5.50. The SMILES string of the molecule is CCN(CC)S(=O)(=O)c1ccc(CCC(=O)NC(CCSC)c2nnc3ccccn23)cc1. The first-order valence-electron chi connectivity index (χ1n) is 11.1. The van der Waals surface area contributed by atoms with Crippen molar-refractivity contribution in [2.75, 3.05) is 25.1 Å². The molecule has 0 bridgehead atoms. The molecule has 1 N–H and O–H groups in total. The van der Waals surface area contributed by atoms with Crippen molar-refractivity contribution >= 4 is 33.3 Å². The number of benzene rings is 1. The van der Waals surface area contributed by atoms with Gasteiger partial charge in [-0.1, -0.05) is 32.0 Å². The third-order valence-corrected chi connectivity index (χ3v) is 8.21. The molecule has 178 valence electrons. The maximum atomic E-state index is 12.7. The number of nitrogens with zero attached hydrogens (tertiary/aromatic N) is 4. The van der Waals surface area contributed by atoms with E-state index in [-0.39, 0.29) is 16.8 Å². The summed E-state index contributed by atoms with van der Waals surface area (Å²) in [4.78, 5) is 13.0. The Bertz CT molecular complexity index is 1160. The van der Waals surface area contributed by atoms with Crippen molar-refractivity contribution < 1.29 is 13.2 Å². The Morgan fingerprint density at radius 1 is 1.12 bits per heavy atom. The van der Waals surface area contributed by atoms with Crippen LogP contribution in [0.5, 0.6) is 0 Å². The highest BCUT2D eigenvalue weighted by Gasteiger charge is 2.22. The van der Waals surface area contributed by atoms with Crippen molar-refractivity contribution in [2.45, 2.75) is 44.0 Å². The highest BCUT2D eigenvalue weighted by Crippen LogP contribution is 2.20. The number of pyridine rings is 1. The number of thioether (sulfide) groups is 1. The Kier molecular flexibility index (Phi) is 8.87. The molecule has 0 saturated carbocycles. The lowest BCUT2D eigenvalue weighted by Crippen LogP contribution is -2.31. The summed E-state index contributed by atoms with van der Waals surface area (Å²) in [5.74, 6) is 1.53. The molecule has 3 aromatic rings. The van der Waals surface area contributed by atoms with Crippen LogP contribution in [-0.4, -0.2) is 58.3 Å². The molecule has 8 nitrogen and oxygen atoms in total. The lowest BCUT2D eigenvalue weighted by Gasteiger charge is -2.18. The number of aryl methyl sites for hydroxylation is 1. The van der Waals surface area contributed by atoms with Gasteiger partial charge in [0.05, 0.1) is 10.9 Å². The summed E-state index contributed by atoms with van der Waals surface area (Å²) in [6.45, 7) is 4.51. The van der Waals surface area contributed by atoms with Gasteiger partial charge < -0.3 is 5.32 Å². The summed E-state index contributed by atoms with van der Waals surface area (Å²) in [6, 6.07) is 12.3. The van der Waals surface area contributed by atoms with Gasteiger partial charge in [0, 0.05) is 25.7 Å². The van der Waals surface area contributed by atoms with Crippen LogP contribution in [0.3, 0.4) is 0 Å². The Labute approximate surface area is 199 Å². The zero-order valence-corrected chi connectivity index (χ0v) is 20.9. The number of hydrogen-bond acceptors (Lipinski definition) is 6. The van der Waals surface area contributed by atoms with E-state index in [0.717, 1.165) is 29.2 Å². The highest BCUT2D eigenvalue weighted by atomic mass is 32.2. The van der Waals surface area contributed by atoms with Gasteiger partial charge in [0.2, 0.25) is 15.9 Å². The third kappa shape index (κ3) is 6.13. The topological polar surface area (TPSA) is 96.7 Å². The molecule has 1 atom stereocenters. The van der Waals surface area contributed by atoms with Crippen LogP contribution in [-0.2, 0) is 21.2 Å². The van der Waals surface area contributed by atoms with E-state index >= 15 is 0 Å². The number of nitrogens with one attached hydrogen (secondary N) is 1. The fourth-order valence-corrected chi connectivity index (χ4v) is 5.59. The zero-order valence-electron chi connectivity index (χ0n) is 19.3. The first-order valence-corrected chi connectivity index (χ1v) is 13.9. The van der Waals surface area contributed by atoms with Crippen molar-refractivity contribution in [1.29, 1.82) is 0 Å². The average molecular weight is 490 g/mol. The van der Waals surface area contributed by atoms with Crippen molar-refractivity contribution in [1.82, 2.24) is 24.2 Å². The fraction of sp³-hybridized carbons (Fsp3) is 0.435. The van der Waals surface area contributed by atoms with Crippen molar-refractivity contribution in [3.8, 4) is 0 Å². The summed E-state index contributed by atoms with van der Waals surface area (Å²) in [6.07, 6.45) is 5.50. The number of hydrogen-bond donors (Lipinski definition) is 1. The molecule has 0 spiro atoms. The number of rotatable bonds is 12. The maximum absolute atomic E-state index is 12.7. The number of carbonyl (C=O) groups is 1. The molecule has 0 fully saturated rings. The number of carbonyl (C=O) groups excluding carboxylic acids is 1. The Morgan fingerprint density at radius 2 is 1.85 bits per heavy atom. The molecule has 2 aromatic heterocycles. The van der Waals surface area contributed by atoms with E-state index in [9.17, 15) is 13.2 Å². The van der Waals surface area contributed by atoms with Crippen LogP contribution in [0.4, 0.5) is 0 Å². The standard InChI is InChI=1S/C23H31N5O3S2/c1-4-27(5-2)33(30,31)19-12-9-18(10-13-19)11-14-22(29)24-20(15-17-32-3)23-26-25-21-8-6-7-16-28(21)23/h6-10,12-13,16,20H,4-5,11,14-15,17H2,1-3H3,(H,24,29). The predicted octanol–water partition coefficient (Wildman–Crippen LogP) is 3.30. The number of fused-ring (bicyclic) bond motifs is 1. The predicted molar refractivity (Wildman–Crippen MR) is 132 cm³/mol. The molecule has 33 heavy (non-hydrogen) atoms. The monoisotopic (exact) mass is 489 g/mol. The van der Waals surface area contributed by atoms with Gasteiger partial charge in [0.1, 0.15) is 0 Å². The summed E-state index contributed by atoms with van der Waals surface area (Å²) in [5.41, 5.74) is 1.66. The van der Waals surface area contributed by atoms with Crippen LogP contribution >= 0.6 is 11.8 Å². The number of aromatic nitrogens is 3. The number of sulfonamides is 1. The van der Waals surface area contributed by atoms with Gasteiger partial charge in [-0.15, -0.1) is 10.2 Å².